The van der Waals surface area contributed by atoms with Crippen molar-refractivity contribution >= 4 is 49.1 Å². The van der Waals surface area contributed by atoms with E-state index in [0.29, 0.717) is 11.1 Å². The SMILES string of the molecule is O=C=C1Nc2ccc3cc4ccccc4cc3c2C(=O)C1S(=O)(=O)O. The second-order valence-electron chi connectivity index (χ2n) is 5.81. The van der Waals surface area contributed by atoms with Crippen molar-refractivity contribution in [3.05, 3.63) is 59.8 Å². The molecule has 0 saturated heterocycles. The molecule has 7 heteroatoms. The molecule has 3 aromatic rings. The van der Waals surface area contributed by atoms with Gasteiger partial charge >= 0.3 is 0 Å². The summed E-state index contributed by atoms with van der Waals surface area (Å²) < 4.78 is 32.6. The number of hydrogen-bond acceptors (Lipinski definition) is 5. The van der Waals surface area contributed by atoms with Gasteiger partial charge in [0.2, 0.25) is 0 Å². The van der Waals surface area contributed by atoms with Crippen molar-refractivity contribution in [2.75, 3.05) is 5.32 Å². The summed E-state index contributed by atoms with van der Waals surface area (Å²) in [5, 5.41) is 3.78. The van der Waals surface area contributed by atoms with Crippen LogP contribution in [0.5, 0.6) is 0 Å². The van der Waals surface area contributed by atoms with Crippen molar-refractivity contribution in [1.29, 1.82) is 0 Å². The third-order valence-corrected chi connectivity index (χ3v) is 5.36. The summed E-state index contributed by atoms with van der Waals surface area (Å²) in [6.45, 7) is 0. The molecule has 0 amide bonds. The predicted molar refractivity (Wildman–Crippen MR) is 94.0 cm³/mol. The predicted octanol–water partition coefficient (Wildman–Crippen LogP) is 2.57. The number of anilines is 1. The first-order valence-corrected chi connectivity index (χ1v) is 8.88. The molecule has 1 heterocycles. The summed E-state index contributed by atoms with van der Waals surface area (Å²) >= 11 is 0. The van der Waals surface area contributed by atoms with Crippen LogP contribution in [-0.2, 0) is 14.9 Å². The fraction of sp³-hybridized carbons (Fsp3) is 0.0556. The minimum atomic E-state index is -4.80. The van der Waals surface area contributed by atoms with Crippen molar-refractivity contribution in [1.82, 2.24) is 0 Å². The Hall–Kier alpha value is -2.99. The van der Waals surface area contributed by atoms with Crippen LogP contribution in [-0.4, -0.2) is 29.9 Å². The molecule has 0 spiro atoms. The minimum Gasteiger partial charge on any atom is -0.348 e. The van der Waals surface area contributed by atoms with E-state index in [2.05, 4.69) is 5.32 Å². The molecule has 1 unspecified atom stereocenters. The average molecular weight is 353 g/mol. The quantitative estimate of drug-likeness (QED) is 0.396. The molecule has 0 saturated carbocycles. The lowest BCUT2D eigenvalue weighted by Crippen LogP contribution is -2.39. The maximum Gasteiger partial charge on any atom is 0.281 e. The Balaban J connectivity index is 2.08. The van der Waals surface area contributed by atoms with Crippen molar-refractivity contribution in [3.8, 4) is 0 Å². The van der Waals surface area contributed by atoms with Crippen molar-refractivity contribution < 1.29 is 22.6 Å². The van der Waals surface area contributed by atoms with E-state index >= 15 is 0 Å². The van der Waals surface area contributed by atoms with Crippen molar-refractivity contribution in [2.45, 2.75) is 5.25 Å². The molecule has 1 aliphatic heterocycles. The third kappa shape index (κ3) is 2.34. The molecule has 25 heavy (non-hydrogen) atoms. The second-order valence-corrected chi connectivity index (χ2v) is 7.31. The van der Waals surface area contributed by atoms with Gasteiger partial charge in [-0.1, -0.05) is 30.3 Å². The largest absolute Gasteiger partial charge is 0.348 e. The van der Waals surface area contributed by atoms with Gasteiger partial charge in [0.05, 0.1) is 11.3 Å². The number of rotatable bonds is 1. The summed E-state index contributed by atoms with van der Waals surface area (Å²) in [6, 6.07) is 14.6. The lowest BCUT2D eigenvalue weighted by molar-refractivity contribution is 0.0994. The molecule has 0 radical (unpaired) electrons. The second kappa shape index (κ2) is 5.26. The highest BCUT2D eigenvalue weighted by Crippen LogP contribution is 2.36. The molecular formula is C18H11NO5S. The van der Waals surface area contributed by atoms with Gasteiger partial charge in [-0.05, 0) is 39.7 Å². The Morgan fingerprint density at radius 2 is 1.68 bits per heavy atom. The summed E-state index contributed by atoms with van der Waals surface area (Å²) in [6.07, 6.45) is 0. The number of carbonyl (C=O) groups excluding carboxylic acids is 2. The van der Waals surface area contributed by atoms with Crippen LogP contribution in [0.2, 0.25) is 0 Å². The third-order valence-electron chi connectivity index (χ3n) is 4.31. The van der Waals surface area contributed by atoms with Gasteiger partial charge in [-0.3, -0.25) is 9.35 Å². The molecule has 4 rings (SSSR count). The Morgan fingerprint density at radius 1 is 1.00 bits per heavy atom. The number of ketones is 1. The number of carbonyl (C=O) groups is 1. The van der Waals surface area contributed by atoms with Crippen LogP contribution in [0.15, 0.2) is 54.2 Å². The van der Waals surface area contributed by atoms with Gasteiger partial charge in [-0.2, -0.15) is 8.42 Å². The highest BCUT2D eigenvalue weighted by atomic mass is 32.2. The molecule has 2 N–H and O–H groups in total. The maximum absolute atomic E-state index is 12.8. The Morgan fingerprint density at radius 3 is 2.32 bits per heavy atom. The Kier molecular flexibility index (Phi) is 3.27. The first kappa shape index (κ1) is 15.5. The van der Waals surface area contributed by atoms with E-state index in [9.17, 15) is 22.6 Å². The fourth-order valence-electron chi connectivity index (χ4n) is 3.22. The Bertz CT molecular complexity index is 1220. The highest BCUT2D eigenvalue weighted by molar-refractivity contribution is 7.87. The Labute approximate surface area is 142 Å². The van der Waals surface area contributed by atoms with E-state index in [1.165, 1.54) is 5.94 Å². The van der Waals surface area contributed by atoms with Gasteiger partial charge < -0.3 is 5.32 Å². The summed E-state index contributed by atoms with van der Waals surface area (Å²) in [4.78, 5) is 23.9. The molecule has 1 aliphatic rings. The van der Waals surface area contributed by atoms with Crippen molar-refractivity contribution in [2.24, 2.45) is 0 Å². The van der Waals surface area contributed by atoms with Crippen LogP contribution in [0.3, 0.4) is 0 Å². The first-order valence-electron chi connectivity index (χ1n) is 7.38. The summed E-state index contributed by atoms with van der Waals surface area (Å²) in [5.74, 6) is 0.554. The zero-order valence-corrected chi connectivity index (χ0v) is 13.5. The van der Waals surface area contributed by atoms with E-state index in [1.54, 1.807) is 18.2 Å². The van der Waals surface area contributed by atoms with Gasteiger partial charge in [-0.15, -0.1) is 0 Å². The van der Waals surface area contributed by atoms with Crippen LogP contribution in [0.1, 0.15) is 10.4 Å². The number of benzene rings is 3. The highest BCUT2D eigenvalue weighted by Gasteiger charge is 2.42. The maximum atomic E-state index is 12.8. The molecule has 0 bridgehead atoms. The molecule has 3 aromatic carbocycles. The molecule has 0 aromatic heterocycles. The van der Waals surface area contributed by atoms with Gasteiger partial charge in [0.15, 0.2) is 11.0 Å². The molecule has 0 fully saturated rings. The normalized spacial score (nSPS) is 17.2. The molecule has 0 aliphatic carbocycles. The van der Waals surface area contributed by atoms with E-state index in [0.717, 1.165) is 16.2 Å². The van der Waals surface area contributed by atoms with Crippen LogP contribution in [0.4, 0.5) is 5.69 Å². The lowest BCUT2D eigenvalue weighted by atomic mass is 9.92. The first-order chi connectivity index (χ1) is 11.9. The van der Waals surface area contributed by atoms with E-state index < -0.39 is 26.8 Å². The van der Waals surface area contributed by atoms with Crippen LogP contribution >= 0.6 is 0 Å². The lowest BCUT2D eigenvalue weighted by Gasteiger charge is -2.24. The topological polar surface area (TPSA) is 101 Å². The molecular weight excluding hydrogens is 342 g/mol. The summed E-state index contributed by atoms with van der Waals surface area (Å²) in [7, 11) is -4.80. The average Bonchev–Trinajstić information content (AvgIpc) is 2.58. The van der Waals surface area contributed by atoms with Gasteiger partial charge in [0, 0.05) is 0 Å². The van der Waals surface area contributed by atoms with E-state index in [4.69, 9.17) is 0 Å². The van der Waals surface area contributed by atoms with Crippen LogP contribution < -0.4 is 5.32 Å². The number of hydrogen-bond donors (Lipinski definition) is 2. The van der Waals surface area contributed by atoms with Gasteiger partial charge in [0.1, 0.15) is 11.6 Å². The smallest absolute Gasteiger partial charge is 0.281 e. The standard InChI is InChI=1S/C18H11NO5S/c20-9-15-18(25(22,23)24)17(21)16-13-8-11-4-2-1-3-10(11)7-12(13)5-6-14(16)19-15/h1-8,18-19H,(H,22,23,24). The van der Waals surface area contributed by atoms with E-state index in [1.807, 2.05) is 30.3 Å². The van der Waals surface area contributed by atoms with Crippen LogP contribution in [0, 0.1) is 0 Å². The summed E-state index contributed by atoms with van der Waals surface area (Å²) in [5.41, 5.74) is -0.0731. The van der Waals surface area contributed by atoms with E-state index in [-0.39, 0.29) is 5.56 Å². The number of fused-ring (bicyclic) bond motifs is 4. The molecule has 6 nitrogen and oxygen atoms in total. The van der Waals surface area contributed by atoms with Gasteiger partial charge in [0.25, 0.3) is 10.1 Å². The zero-order chi connectivity index (χ0) is 17.8. The van der Waals surface area contributed by atoms with Crippen LogP contribution in [0.25, 0.3) is 21.5 Å². The van der Waals surface area contributed by atoms with Gasteiger partial charge in [-0.25, -0.2) is 4.79 Å². The van der Waals surface area contributed by atoms with Crippen molar-refractivity contribution in [3.63, 3.8) is 0 Å². The minimum absolute atomic E-state index is 0.130. The number of Topliss-reactive ketones (excluding diaryl/α,β-unsaturated/α-hetero) is 1. The zero-order valence-electron chi connectivity index (χ0n) is 12.7. The monoisotopic (exact) mass is 353 g/mol. The molecule has 124 valence electrons. The molecule has 1 atom stereocenters. The fourth-order valence-corrected chi connectivity index (χ4v) is 4.01. The number of nitrogens with one attached hydrogen (secondary N) is 1.